The second kappa shape index (κ2) is 6.15. The van der Waals surface area contributed by atoms with Gasteiger partial charge in [0.05, 0.1) is 19.0 Å². The molecule has 0 fully saturated rings. The van der Waals surface area contributed by atoms with Crippen LogP contribution in [0.4, 0.5) is 5.95 Å². The summed E-state index contributed by atoms with van der Waals surface area (Å²) in [4.78, 5) is 8.13. The second-order valence-corrected chi connectivity index (χ2v) is 2.81. The normalized spacial score (nSPS) is 9.86. The molecule has 3 N–H and O–H groups in total. The van der Waals surface area contributed by atoms with Crippen molar-refractivity contribution in [2.24, 2.45) is 5.73 Å². The number of hydrogen-bond donors (Lipinski definition) is 2. The third kappa shape index (κ3) is 3.57. The molecule has 78 valence electrons. The third-order valence-corrected chi connectivity index (χ3v) is 1.53. The van der Waals surface area contributed by atoms with E-state index < -0.39 is 0 Å². The van der Waals surface area contributed by atoms with Gasteiger partial charge in [0.1, 0.15) is 0 Å². The van der Waals surface area contributed by atoms with Crippen molar-refractivity contribution in [1.82, 2.24) is 9.97 Å². The van der Waals surface area contributed by atoms with Gasteiger partial charge in [0.15, 0.2) is 5.75 Å². The van der Waals surface area contributed by atoms with Crippen LogP contribution in [0.25, 0.3) is 0 Å². The standard InChI is InChI=1S/C9H16N4O/c1-2-5-14-8-6-12-9(13-7-8)11-4-3-10/h6-7H,2-5,10H2,1H3,(H,11,12,13). The van der Waals surface area contributed by atoms with Crippen molar-refractivity contribution in [3.05, 3.63) is 12.4 Å². The van der Waals surface area contributed by atoms with E-state index in [1.54, 1.807) is 12.4 Å². The van der Waals surface area contributed by atoms with Crippen LogP contribution in [0.3, 0.4) is 0 Å². The van der Waals surface area contributed by atoms with Crippen LogP contribution in [0.2, 0.25) is 0 Å². The van der Waals surface area contributed by atoms with Crippen molar-refractivity contribution in [3.8, 4) is 5.75 Å². The van der Waals surface area contributed by atoms with Crippen LogP contribution in [-0.2, 0) is 0 Å². The van der Waals surface area contributed by atoms with Gasteiger partial charge in [-0.3, -0.25) is 0 Å². The summed E-state index contributed by atoms with van der Waals surface area (Å²) < 4.78 is 5.34. The first kappa shape index (κ1) is 10.7. The fraction of sp³-hybridized carbons (Fsp3) is 0.556. The first-order valence-corrected chi connectivity index (χ1v) is 4.75. The molecule has 0 saturated heterocycles. The highest BCUT2D eigenvalue weighted by molar-refractivity contribution is 5.26. The lowest BCUT2D eigenvalue weighted by Gasteiger charge is -2.05. The number of hydrogen-bond acceptors (Lipinski definition) is 5. The van der Waals surface area contributed by atoms with Gasteiger partial charge in [0, 0.05) is 13.1 Å². The van der Waals surface area contributed by atoms with Gasteiger partial charge in [-0.25, -0.2) is 9.97 Å². The topological polar surface area (TPSA) is 73.1 Å². The molecule has 0 atom stereocenters. The zero-order valence-electron chi connectivity index (χ0n) is 8.36. The Morgan fingerprint density at radius 1 is 1.43 bits per heavy atom. The van der Waals surface area contributed by atoms with E-state index in [2.05, 4.69) is 22.2 Å². The second-order valence-electron chi connectivity index (χ2n) is 2.81. The Bertz CT molecular complexity index is 222. The summed E-state index contributed by atoms with van der Waals surface area (Å²) in [5.74, 6) is 1.28. The number of rotatable bonds is 6. The minimum atomic E-state index is 0.567. The smallest absolute Gasteiger partial charge is 0.222 e. The summed E-state index contributed by atoms with van der Waals surface area (Å²) in [6, 6.07) is 0. The van der Waals surface area contributed by atoms with Crippen molar-refractivity contribution in [2.75, 3.05) is 25.0 Å². The summed E-state index contributed by atoms with van der Waals surface area (Å²) >= 11 is 0. The SMILES string of the molecule is CCCOc1cnc(NCCN)nc1. The molecule has 0 bridgehead atoms. The minimum Gasteiger partial charge on any atom is -0.490 e. The van der Waals surface area contributed by atoms with Gasteiger partial charge < -0.3 is 15.8 Å². The number of nitrogens with one attached hydrogen (secondary N) is 1. The zero-order chi connectivity index (χ0) is 10.2. The number of anilines is 1. The molecule has 0 aliphatic rings. The Hall–Kier alpha value is -1.36. The molecule has 0 aliphatic heterocycles. The van der Waals surface area contributed by atoms with Gasteiger partial charge in [0.2, 0.25) is 5.95 Å². The predicted octanol–water partition coefficient (Wildman–Crippen LogP) is 0.636. The number of nitrogens with two attached hydrogens (primary N) is 1. The zero-order valence-corrected chi connectivity index (χ0v) is 8.36. The molecule has 1 heterocycles. The first-order valence-electron chi connectivity index (χ1n) is 4.75. The Morgan fingerprint density at radius 3 is 2.71 bits per heavy atom. The van der Waals surface area contributed by atoms with E-state index in [1.807, 2.05) is 0 Å². The van der Waals surface area contributed by atoms with Crippen LogP contribution in [0.5, 0.6) is 5.75 Å². The maximum atomic E-state index is 5.34. The predicted molar refractivity (Wildman–Crippen MR) is 55.4 cm³/mol. The van der Waals surface area contributed by atoms with Gasteiger partial charge in [-0.15, -0.1) is 0 Å². The molecule has 1 aromatic rings. The summed E-state index contributed by atoms with van der Waals surface area (Å²) in [5, 5.41) is 2.97. The van der Waals surface area contributed by atoms with E-state index in [9.17, 15) is 0 Å². The van der Waals surface area contributed by atoms with E-state index in [-0.39, 0.29) is 0 Å². The molecule has 0 aliphatic carbocycles. The van der Waals surface area contributed by atoms with Crippen LogP contribution >= 0.6 is 0 Å². The molecule has 5 nitrogen and oxygen atoms in total. The van der Waals surface area contributed by atoms with E-state index in [4.69, 9.17) is 10.5 Å². The van der Waals surface area contributed by atoms with Crippen LogP contribution in [0.1, 0.15) is 13.3 Å². The lowest BCUT2D eigenvalue weighted by Crippen LogP contribution is -2.14. The van der Waals surface area contributed by atoms with Crippen LogP contribution in [-0.4, -0.2) is 29.7 Å². The molecule has 0 unspecified atom stereocenters. The molecule has 0 spiro atoms. The largest absolute Gasteiger partial charge is 0.490 e. The molecule has 14 heavy (non-hydrogen) atoms. The molecule has 0 saturated carbocycles. The Balaban J connectivity index is 2.42. The van der Waals surface area contributed by atoms with E-state index in [0.29, 0.717) is 31.4 Å². The summed E-state index contributed by atoms with van der Waals surface area (Å²) in [6.07, 6.45) is 4.29. The average Bonchev–Trinajstić information content (AvgIpc) is 2.25. The van der Waals surface area contributed by atoms with Crippen molar-refractivity contribution in [3.63, 3.8) is 0 Å². The number of ether oxygens (including phenoxy) is 1. The molecule has 5 heteroatoms. The van der Waals surface area contributed by atoms with Crippen LogP contribution in [0.15, 0.2) is 12.4 Å². The number of aromatic nitrogens is 2. The van der Waals surface area contributed by atoms with Gasteiger partial charge in [-0.05, 0) is 6.42 Å². The molecule has 0 aromatic carbocycles. The van der Waals surface area contributed by atoms with E-state index in [0.717, 1.165) is 6.42 Å². The van der Waals surface area contributed by atoms with E-state index in [1.165, 1.54) is 0 Å². The van der Waals surface area contributed by atoms with Crippen molar-refractivity contribution >= 4 is 5.95 Å². The molecular formula is C9H16N4O. The minimum absolute atomic E-state index is 0.567. The summed E-state index contributed by atoms with van der Waals surface area (Å²) in [6.45, 7) is 3.99. The summed E-state index contributed by atoms with van der Waals surface area (Å²) in [7, 11) is 0. The highest BCUT2D eigenvalue weighted by atomic mass is 16.5. The Labute approximate surface area is 83.7 Å². The quantitative estimate of drug-likeness (QED) is 0.698. The van der Waals surface area contributed by atoms with Crippen molar-refractivity contribution in [2.45, 2.75) is 13.3 Å². The Kier molecular flexibility index (Phi) is 4.71. The molecule has 0 radical (unpaired) electrons. The molecule has 1 aromatic heterocycles. The monoisotopic (exact) mass is 196 g/mol. The van der Waals surface area contributed by atoms with Gasteiger partial charge in [-0.2, -0.15) is 0 Å². The summed E-state index contributed by atoms with van der Waals surface area (Å²) in [5.41, 5.74) is 5.33. The third-order valence-electron chi connectivity index (χ3n) is 1.53. The van der Waals surface area contributed by atoms with Crippen molar-refractivity contribution < 1.29 is 4.74 Å². The Morgan fingerprint density at radius 2 is 2.14 bits per heavy atom. The van der Waals surface area contributed by atoms with Gasteiger partial charge in [-0.1, -0.05) is 6.92 Å². The number of nitrogens with zero attached hydrogens (tertiary/aromatic N) is 2. The fourth-order valence-electron chi connectivity index (χ4n) is 0.886. The van der Waals surface area contributed by atoms with Crippen LogP contribution in [0, 0.1) is 0 Å². The lowest BCUT2D eigenvalue weighted by molar-refractivity contribution is 0.315. The molecule has 0 amide bonds. The van der Waals surface area contributed by atoms with Gasteiger partial charge >= 0.3 is 0 Å². The highest BCUT2D eigenvalue weighted by Crippen LogP contribution is 2.08. The molecule has 1 rings (SSSR count). The lowest BCUT2D eigenvalue weighted by atomic mass is 10.5. The van der Waals surface area contributed by atoms with Gasteiger partial charge in [0.25, 0.3) is 0 Å². The fourth-order valence-corrected chi connectivity index (χ4v) is 0.886. The average molecular weight is 196 g/mol. The maximum Gasteiger partial charge on any atom is 0.222 e. The van der Waals surface area contributed by atoms with Crippen molar-refractivity contribution in [1.29, 1.82) is 0 Å². The first-order chi connectivity index (χ1) is 6.86. The highest BCUT2D eigenvalue weighted by Gasteiger charge is 1.96. The maximum absolute atomic E-state index is 5.34. The van der Waals surface area contributed by atoms with Crippen LogP contribution < -0.4 is 15.8 Å². The van der Waals surface area contributed by atoms with E-state index >= 15 is 0 Å². The molecular weight excluding hydrogens is 180 g/mol.